The molecular formula is C20H15KN2O3S2. The number of thiocarbonyl (C=S) groups is 1. The van der Waals surface area contributed by atoms with Crippen molar-refractivity contribution in [1.29, 1.82) is 0 Å². The zero-order valence-electron chi connectivity index (χ0n) is 15.3. The first-order valence-electron chi connectivity index (χ1n) is 8.43. The zero-order chi connectivity index (χ0) is 19.0. The summed E-state index contributed by atoms with van der Waals surface area (Å²) < 4.78 is 0.242. The molecule has 4 rings (SSSR count). The van der Waals surface area contributed by atoms with Gasteiger partial charge in [-0.05, 0) is 47.9 Å². The first-order valence-corrected chi connectivity index (χ1v) is 9.66. The average Bonchev–Trinajstić information content (AvgIpc) is 3.18. The molecule has 0 aromatic heterocycles. The third-order valence-electron chi connectivity index (χ3n) is 4.53. The van der Waals surface area contributed by atoms with E-state index in [1.54, 1.807) is 6.08 Å². The van der Waals surface area contributed by atoms with Gasteiger partial charge in [-0.3, -0.25) is 9.69 Å². The summed E-state index contributed by atoms with van der Waals surface area (Å²) in [6.07, 6.45) is 2.69. The Hall–Kier alpha value is -1.00. The van der Waals surface area contributed by atoms with Gasteiger partial charge >= 0.3 is 51.4 Å². The number of amides is 1. The first-order chi connectivity index (χ1) is 13.0. The third kappa shape index (κ3) is 4.43. The van der Waals surface area contributed by atoms with Crippen LogP contribution in [0.25, 0.3) is 6.08 Å². The number of carboxylic acid groups (broad SMARTS) is 1. The van der Waals surface area contributed by atoms with Crippen LogP contribution in [-0.2, 0) is 16.0 Å². The summed E-state index contributed by atoms with van der Waals surface area (Å²) in [6, 6.07) is 16.3. The van der Waals surface area contributed by atoms with Crippen LogP contribution in [0, 0.1) is 0 Å². The topological polar surface area (TPSA) is 63.7 Å². The van der Waals surface area contributed by atoms with Gasteiger partial charge in [0.15, 0.2) is 0 Å². The van der Waals surface area contributed by atoms with E-state index < -0.39 is 12.5 Å². The molecule has 2 aromatic carbocycles. The number of para-hydroxylation sites is 1. The standard InChI is InChI=1S/C20H16N2O3S2.K/c23-18(24)12-22-19(25)17(27-20(22)26)11-13-6-7-16-14(10-13)8-9-21(16)15-4-2-1-3-5-15;/h1-7,10-11H,8-9,12H2,(H,23,24);/q;+1/p-1/b17-11-;. The Kier molecular flexibility index (Phi) is 7.14. The molecule has 2 aliphatic rings. The number of hydrogen-bond donors (Lipinski definition) is 0. The predicted octanol–water partition coefficient (Wildman–Crippen LogP) is -0.664. The minimum atomic E-state index is -1.33. The minimum absolute atomic E-state index is 0. The van der Waals surface area contributed by atoms with Crippen molar-refractivity contribution in [1.82, 2.24) is 4.90 Å². The molecule has 0 radical (unpaired) electrons. The van der Waals surface area contributed by atoms with Crippen LogP contribution in [0.1, 0.15) is 11.1 Å². The van der Waals surface area contributed by atoms with Crippen molar-refractivity contribution >= 4 is 57.6 Å². The molecule has 0 atom stereocenters. The van der Waals surface area contributed by atoms with E-state index in [4.69, 9.17) is 12.2 Å². The molecule has 136 valence electrons. The SMILES string of the molecule is O=C([O-])CN1C(=O)/C(=C/c2ccc3c(c2)CCN3c2ccccc2)SC1=S.[K+]. The van der Waals surface area contributed by atoms with E-state index in [1.165, 1.54) is 11.3 Å². The van der Waals surface area contributed by atoms with Crippen LogP contribution < -0.4 is 61.4 Å². The van der Waals surface area contributed by atoms with Gasteiger partial charge in [0.05, 0.1) is 17.4 Å². The Morgan fingerprint density at radius 2 is 1.96 bits per heavy atom. The van der Waals surface area contributed by atoms with E-state index in [-0.39, 0.29) is 61.6 Å². The summed E-state index contributed by atoms with van der Waals surface area (Å²) >= 11 is 6.22. The second kappa shape index (κ2) is 9.21. The summed E-state index contributed by atoms with van der Waals surface area (Å²) in [5.41, 5.74) is 4.45. The fourth-order valence-electron chi connectivity index (χ4n) is 3.30. The van der Waals surface area contributed by atoms with Gasteiger partial charge in [0.1, 0.15) is 4.32 Å². The molecule has 1 amide bonds. The Balaban J connectivity index is 0.00000225. The number of carboxylic acids is 1. The molecule has 0 N–H and O–H groups in total. The van der Waals surface area contributed by atoms with Crippen molar-refractivity contribution in [2.45, 2.75) is 6.42 Å². The van der Waals surface area contributed by atoms with Crippen molar-refractivity contribution in [3.05, 3.63) is 64.6 Å². The number of carbonyl (C=O) groups is 2. The van der Waals surface area contributed by atoms with Crippen LogP contribution in [0.2, 0.25) is 0 Å². The molecule has 1 fully saturated rings. The molecule has 0 aliphatic carbocycles. The van der Waals surface area contributed by atoms with Gasteiger partial charge < -0.3 is 14.8 Å². The van der Waals surface area contributed by atoms with Gasteiger partial charge in [-0.15, -0.1) is 0 Å². The Morgan fingerprint density at radius 3 is 2.68 bits per heavy atom. The summed E-state index contributed by atoms with van der Waals surface area (Å²) in [7, 11) is 0. The number of thioether (sulfide) groups is 1. The second-order valence-electron chi connectivity index (χ2n) is 6.27. The molecule has 0 bridgehead atoms. The Labute approximate surface area is 215 Å². The number of aliphatic carboxylic acids is 1. The van der Waals surface area contributed by atoms with Crippen LogP contribution in [0.4, 0.5) is 11.4 Å². The Bertz CT molecular complexity index is 979. The molecule has 2 heterocycles. The number of anilines is 2. The Morgan fingerprint density at radius 1 is 1.21 bits per heavy atom. The van der Waals surface area contributed by atoms with E-state index >= 15 is 0 Å². The van der Waals surface area contributed by atoms with E-state index in [1.807, 2.05) is 24.3 Å². The molecule has 2 aliphatic heterocycles. The third-order valence-corrected chi connectivity index (χ3v) is 5.90. The quantitative estimate of drug-likeness (QED) is 0.362. The predicted molar refractivity (Wildman–Crippen MR) is 108 cm³/mol. The van der Waals surface area contributed by atoms with E-state index in [0.29, 0.717) is 4.91 Å². The van der Waals surface area contributed by atoms with E-state index in [9.17, 15) is 14.7 Å². The fraction of sp³-hybridized carbons (Fsp3) is 0.150. The van der Waals surface area contributed by atoms with Gasteiger partial charge in [0, 0.05) is 17.9 Å². The summed E-state index contributed by atoms with van der Waals surface area (Å²) in [6.45, 7) is 0.398. The molecule has 28 heavy (non-hydrogen) atoms. The van der Waals surface area contributed by atoms with Gasteiger partial charge in [-0.25, -0.2) is 0 Å². The average molecular weight is 435 g/mol. The van der Waals surface area contributed by atoms with Crippen molar-refractivity contribution in [2.24, 2.45) is 0 Å². The fourth-order valence-corrected chi connectivity index (χ4v) is 4.56. The molecular weight excluding hydrogens is 419 g/mol. The van der Waals surface area contributed by atoms with Gasteiger partial charge in [0.25, 0.3) is 5.91 Å². The van der Waals surface area contributed by atoms with Crippen LogP contribution in [-0.4, -0.2) is 34.2 Å². The smallest absolute Gasteiger partial charge is 0.548 e. The van der Waals surface area contributed by atoms with Crippen LogP contribution in [0.5, 0.6) is 0 Å². The van der Waals surface area contributed by atoms with Crippen LogP contribution in [0.15, 0.2) is 53.4 Å². The van der Waals surface area contributed by atoms with Gasteiger partial charge in [-0.1, -0.05) is 48.2 Å². The molecule has 5 nitrogen and oxygen atoms in total. The molecule has 2 aromatic rings. The van der Waals surface area contributed by atoms with Crippen molar-refractivity contribution in [3.63, 3.8) is 0 Å². The number of hydrogen-bond acceptors (Lipinski definition) is 6. The maximum absolute atomic E-state index is 12.4. The van der Waals surface area contributed by atoms with E-state index in [0.717, 1.165) is 40.9 Å². The first kappa shape index (κ1) is 21.7. The number of carbonyl (C=O) groups excluding carboxylic acids is 2. The minimum Gasteiger partial charge on any atom is -0.548 e. The summed E-state index contributed by atoms with van der Waals surface area (Å²) in [5.74, 6) is -1.72. The van der Waals surface area contributed by atoms with Gasteiger partial charge in [-0.2, -0.15) is 0 Å². The maximum atomic E-state index is 12.4. The summed E-state index contributed by atoms with van der Waals surface area (Å²) in [5, 5.41) is 10.8. The number of rotatable bonds is 4. The maximum Gasteiger partial charge on any atom is 1.00 e. The van der Waals surface area contributed by atoms with Crippen molar-refractivity contribution in [2.75, 3.05) is 18.0 Å². The molecule has 0 saturated carbocycles. The zero-order valence-corrected chi connectivity index (χ0v) is 20.0. The van der Waals surface area contributed by atoms with Gasteiger partial charge in [0.2, 0.25) is 0 Å². The monoisotopic (exact) mass is 434 g/mol. The number of fused-ring (bicyclic) bond motifs is 1. The number of benzene rings is 2. The molecule has 1 saturated heterocycles. The molecule has 8 heteroatoms. The van der Waals surface area contributed by atoms with Crippen LogP contribution in [0.3, 0.4) is 0 Å². The summed E-state index contributed by atoms with van der Waals surface area (Å²) in [4.78, 5) is 26.9. The number of nitrogens with zero attached hydrogens (tertiary/aromatic N) is 2. The molecule has 0 spiro atoms. The normalized spacial score (nSPS) is 17.1. The van der Waals surface area contributed by atoms with E-state index in [2.05, 4.69) is 29.2 Å². The van der Waals surface area contributed by atoms with Crippen molar-refractivity contribution in [3.8, 4) is 0 Å². The second-order valence-corrected chi connectivity index (χ2v) is 7.94. The van der Waals surface area contributed by atoms with Crippen LogP contribution >= 0.6 is 24.0 Å². The largest absolute Gasteiger partial charge is 1.00 e. The molecule has 0 unspecified atom stereocenters. The van der Waals surface area contributed by atoms with Crippen molar-refractivity contribution < 1.29 is 66.1 Å².